The van der Waals surface area contributed by atoms with E-state index in [1.165, 1.54) is 20.3 Å². The van der Waals surface area contributed by atoms with Crippen LogP contribution in [0.1, 0.15) is 21.5 Å². The van der Waals surface area contributed by atoms with E-state index in [0.29, 0.717) is 4.83 Å². The monoisotopic (exact) mass is 434 g/mol. The first-order valence-corrected chi connectivity index (χ1v) is 8.09. The summed E-state index contributed by atoms with van der Waals surface area (Å²) in [5.74, 6) is 0. The zero-order valence-corrected chi connectivity index (χ0v) is 14.5. The number of halogens is 3. The molecule has 2 aromatic rings. The molecule has 0 radical (unpaired) electrons. The molecule has 18 heavy (non-hydrogen) atoms. The molecule has 0 aliphatic rings. The smallest absolute Gasteiger partial charge is 0.0446 e. The summed E-state index contributed by atoms with van der Waals surface area (Å²) in [5, 5.41) is 0.838. The summed E-state index contributed by atoms with van der Waals surface area (Å²) in [5.41, 5.74) is 3.82. The molecule has 0 spiro atoms. The van der Waals surface area contributed by atoms with Crippen LogP contribution < -0.4 is 0 Å². The number of aryl methyl sites for hydroxylation is 1. The van der Waals surface area contributed by atoms with Gasteiger partial charge < -0.3 is 0 Å². The lowest BCUT2D eigenvalue weighted by atomic mass is 10.0. The number of hydrogen-bond donors (Lipinski definition) is 0. The van der Waals surface area contributed by atoms with Gasteiger partial charge in [0.15, 0.2) is 0 Å². The quantitative estimate of drug-likeness (QED) is 0.414. The average molecular weight is 436 g/mol. The van der Waals surface area contributed by atoms with E-state index in [0.717, 1.165) is 11.4 Å². The van der Waals surface area contributed by atoms with Crippen LogP contribution in [-0.2, 0) is 6.42 Å². The Kier molecular flexibility index (Phi) is 5.10. The van der Waals surface area contributed by atoms with Gasteiger partial charge in [-0.25, -0.2) is 0 Å². The lowest BCUT2D eigenvalue weighted by Gasteiger charge is -2.14. The summed E-state index contributed by atoms with van der Waals surface area (Å²) in [6.45, 7) is 2.14. The standard InChI is InChI=1S/C15H13BrClI/c1-10-5-4-7-12(15(10)18)13(16)9-11-6-2-3-8-14(11)17/h2-8,13H,9H2,1H3. The Morgan fingerprint density at radius 1 is 1.17 bits per heavy atom. The van der Waals surface area contributed by atoms with E-state index < -0.39 is 0 Å². The summed E-state index contributed by atoms with van der Waals surface area (Å²) < 4.78 is 1.32. The SMILES string of the molecule is Cc1cccc(C(Br)Cc2ccccc2Cl)c1I. The van der Waals surface area contributed by atoms with Crippen molar-refractivity contribution < 1.29 is 0 Å². The number of benzene rings is 2. The molecular weight excluding hydrogens is 422 g/mol. The van der Waals surface area contributed by atoms with Crippen LogP contribution in [0.15, 0.2) is 42.5 Å². The molecule has 0 saturated heterocycles. The highest BCUT2D eigenvalue weighted by Crippen LogP contribution is 2.33. The van der Waals surface area contributed by atoms with Crippen molar-refractivity contribution in [2.45, 2.75) is 18.2 Å². The minimum Gasteiger partial charge on any atom is -0.0840 e. The van der Waals surface area contributed by atoms with Crippen LogP contribution in [0, 0.1) is 10.5 Å². The van der Waals surface area contributed by atoms with Crippen molar-refractivity contribution in [3.8, 4) is 0 Å². The second kappa shape index (κ2) is 6.40. The molecule has 0 bridgehead atoms. The summed E-state index contributed by atoms with van der Waals surface area (Å²) in [4.78, 5) is 0.296. The van der Waals surface area contributed by atoms with Crippen LogP contribution in [0.3, 0.4) is 0 Å². The number of alkyl halides is 1. The molecule has 0 aliphatic carbocycles. The fourth-order valence-electron chi connectivity index (χ4n) is 1.88. The Hall–Kier alpha value is -0.0600. The molecule has 0 aromatic heterocycles. The van der Waals surface area contributed by atoms with Crippen molar-refractivity contribution in [2.24, 2.45) is 0 Å². The Balaban J connectivity index is 2.25. The van der Waals surface area contributed by atoms with E-state index in [2.05, 4.69) is 69.7 Å². The fourth-order valence-corrected chi connectivity index (χ4v) is 3.99. The number of hydrogen-bond acceptors (Lipinski definition) is 0. The maximum absolute atomic E-state index is 6.20. The first-order valence-electron chi connectivity index (χ1n) is 5.72. The van der Waals surface area contributed by atoms with Crippen molar-refractivity contribution in [3.63, 3.8) is 0 Å². The van der Waals surface area contributed by atoms with Gasteiger partial charge in [0.2, 0.25) is 0 Å². The second-order valence-electron chi connectivity index (χ2n) is 4.24. The minimum atomic E-state index is 0.296. The molecule has 0 amide bonds. The minimum absolute atomic E-state index is 0.296. The topological polar surface area (TPSA) is 0 Å². The maximum atomic E-state index is 6.20. The molecule has 0 N–H and O–H groups in total. The molecule has 2 aromatic carbocycles. The largest absolute Gasteiger partial charge is 0.0840 e. The van der Waals surface area contributed by atoms with Crippen LogP contribution in [0.2, 0.25) is 5.02 Å². The first-order chi connectivity index (χ1) is 8.59. The average Bonchev–Trinajstić information content (AvgIpc) is 2.35. The fraction of sp³-hybridized carbons (Fsp3) is 0.200. The summed E-state index contributed by atoms with van der Waals surface area (Å²) in [7, 11) is 0. The van der Waals surface area contributed by atoms with Gasteiger partial charge in [0.05, 0.1) is 0 Å². The zero-order chi connectivity index (χ0) is 13.1. The van der Waals surface area contributed by atoms with E-state index in [9.17, 15) is 0 Å². The molecule has 94 valence electrons. The van der Waals surface area contributed by atoms with Crippen LogP contribution >= 0.6 is 50.1 Å². The summed E-state index contributed by atoms with van der Waals surface area (Å²) in [6.07, 6.45) is 0.902. The van der Waals surface area contributed by atoms with Crippen LogP contribution in [0.5, 0.6) is 0 Å². The van der Waals surface area contributed by atoms with Gasteiger partial charge in [-0.1, -0.05) is 63.9 Å². The number of rotatable bonds is 3. The van der Waals surface area contributed by atoms with Crippen LogP contribution in [0.4, 0.5) is 0 Å². The van der Waals surface area contributed by atoms with Gasteiger partial charge in [0, 0.05) is 13.4 Å². The van der Waals surface area contributed by atoms with Crippen molar-refractivity contribution in [1.82, 2.24) is 0 Å². The summed E-state index contributed by atoms with van der Waals surface area (Å²) >= 11 is 12.4. The van der Waals surface area contributed by atoms with Crippen molar-refractivity contribution in [2.75, 3.05) is 0 Å². The van der Waals surface area contributed by atoms with Gasteiger partial charge in [0.1, 0.15) is 0 Å². The Bertz CT molecular complexity index is 554. The van der Waals surface area contributed by atoms with Gasteiger partial charge in [-0.15, -0.1) is 0 Å². The van der Waals surface area contributed by atoms with Gasteiger partial charge in [0.25, 0.3) is 0 Å². The maximum Gasteiger partial charge on any atom is 0.0446 e. The van der Waals surface area contributed by atoms with Gasteiger partial charge in [-0.3, -0.25) is 0 Å². The third-order valence-electron chi connectivity index (χ3n) is 2.92. The zero-order valence-electron chi connectivity index (χ0n) is 9.96. The predicted molar refractivity (Wildman–Crippen MR) is 90.7 cm³/mol. The van der Waals surface area contributed by atoms with Crippen LogP contribution in [-0.4, -0.2) is 0 Å². The molecular formula is C15H13BrClI. The van der Waals surface area contributed by atoms with Crippen molar-refractivity contribution in [1.29, 1.82) is 0 Å². The molecule has 0 nitrogen and oxygen atoms in total. The van der Waals surface area contributed by atoms with E-state index in [1.54, 1.807) is 0 Å². The van der Waals surface area contributed by atoms with E-state index >= 15 is 0 Å². The highest BCUT2D eigenvalue weighted by molar-refractivity contribution is 14.1. The highest BCUT2D eigenvalue weighted by Gasteiger charge is 2.14. The molecule has 1 unspecified atom stereocenters. The Labute approximate surface area is 135 Å². The Morgan fingerprint density at radius 2 is 1.89 bits per heavy atom. The lowest BCUT2D eigenvalue weighted by molar-refractivity contribution is 0.940. The van der Waals surface area contributed by atoms with Crippen molar-refractivity contribution in [3.05, 3.63) is 67.7 Å². The summed E-state index contributed by atoms with van der Waals surface area (Å²) in [6, 6.07) is 14.4. The van der Waals surface area contributed by atoms with Gasteiger partial charge >= 0.3 is 0 Å². The van der Waals surface area contributed by atoms with E-state index in [-0.39, 0.29) is 0 Å². The van der Waals surface area contributed by atoms with Crippen LogP contribution in [0.25, 0.3) is 0 Å². The molecule has 0 heterocycles. The normalized spacial score (nSPS) is 12.4. The Morgan fingerprint density at radius 3 is 2.61 bits per heavy atom. The molecule has 0 aliphatic heterocycles. The van der Waals surface area contributed by atoms with E-state index in [4.69, 9.17) is 11.6 Å². The lowest BCUT2D eigenvalue weighted by Crippen LogP contribution is -1.99. The van der Waals surface area contributed by atoms with Crippen molar-refractivity contribution >= 4 is 50.1 Å². The molecule has 3 heteroatoms. The third kappa shape index (κ3) is 3.28. The molecule has 1 atom stereocenters. The highest BCUT2D eigenvalue weighted by atomic mass is 127. The predicted octanol–water partition coefficient (Wildman–Crippen LogP) is 5.93. The molecule has 0 fully saturated rings. The first kappa shape index (κ1) is 14.4. The molecule has 0 saturated carbocycles. The van der Waals surface area contributed by atoms with E-state index in [1.807, 2.05) is 18.2 Å². The second-order valence-corrected chi connectivity index (χ2v) is 6.83. The van der Waals surface area contributed by atoms with Gasteiger partial charge in [-0.2, -0.15) is 0 Å². The van der Waals surface area contributed by atoms with Gasteiger partial charge in [-0.05, 0) is 58.7 Å². The molecule has 2 rings (SSSR count). The third-order valence-corrected chi connectivity index (χ3v) is 5.58.